The summed E-state index contributed by atoms with van der Waals surface area (Å²) in [4.78, 5) is 11.0. The Kier molecular flexibility index (Phi) is 7.52. The van der Waals surface area contributed by atoms with Crippen LogP contribution in [0.5, 0.6) is 5.75 Å². The van der Waals surface area contributed by atoms with E-state index in [2.05, 4.69) is 45.9 Å². The molecule has 0 aromatic heterocycles. The highest BCUT2D eigenvalue weighted by molar-refractivity contribution is 7.80. The van der Waals surface area contributed by atoms with E-state index in [1.165, 1.54) is 15.4 Å². The van der Waals surface area contributed by atoms with Crippen LogP contribution in [-0.2, 0) is 27.9 Å². The second-order valence-corrected chi connectivity index (χ2v) is 11.2. The lowest BCUT2D eigenvalue weighted by Gasteiger charge is -2.38. The molecule has 0 heterocycles. The van der Waals surface area contributed by atoms with Gasteiger partial charge in [-0.2, -0.15) is 0 Å². The average Bonchev–Trinajstić information content (AvgIpc) is 2.82. The number of nitrogens with zero attached hydrogens (tertiary/aromatic N) is 1. The summed E-state index contributed by atoms with van der Waals surface area (Å²) in [5.41, 5.74) is 6.90. The van der Waals surface area contributed by atoms with E-state index < -0.39 is 29.9 Å². The zero-order chi connectivity index (χ0) is 26.0. The van der Waals surface area contributed by atoms with Crippen molar-refractivity contribution in [2.24, 2.45) is 0 Å². The highest BCUT2D eigenvalue weighted by atomic mass is 32.2. The maximum absolute atomic E-state index is 12.5. The third-order valence-corrected chi connectivity index (χ3v) is 7.41. The number of fused-ring (bicyclic) bond motifs is 1. The molecule has 1 N–H and O–H groups in total. The molecule has 2 atom stereocenters. The number of hydrogen-bond donors (Lipinski definition) is 1. The van der Waals surface area contributed by atoms with E-state index >= 15 is 0 Å². The van der Waals surface area contributed by atoms with Gasteiger partial charge in [-0.3, -0.25) is 8.51 Å². The van der Waals surface area contributed by atoms with Crippen LogP contribution in [0.2, 0.25) is 0 Å². The lowest BCUT2D eigenvalue weighted by Crippen LogP contribution is -2.33. The van der Waals surface area contributed by atoms with Gasteiger partial charge in [-0.05, 0) is 77.6 Å². The molecule has 0 spiro atoms. The number of carbonyl (C=O) groups is 1. The molecule has 0 saturated carbocycles. The van der Waals surface area contributed by atoms with Crippen LogP contribution in [0.4, 0.5) is 5.69 Å². The largest absolute Gasteiger partial charge is 0.755 e. The summed E-state index contributed by atoms with van der Waals surface area (Å²) in [5, 5.41) is 9.00. The number of carboxylic acid groups (broad SMARTS) is 1. The van der Waals surface area contributed by atoms with Gasteiger partial charge in [0.1, 0.15) is 5.75 Å². The molecule has 7 heteroatoms. The second kappa shape index (κ2) is 10.4. The van der Waals surface area contributed by atoms with Crippen LogP contribution in [0.1, 0.15) is 61.9 Å². The third kappa shape index (κ3) is 5.63. The average molecular weight is 507 g/mol. The fourth-order valence-electron chi connectivity index (χ4n) is 4.86. The summed E-state index contributed by atoms with van der Waals surface area (Å²) in [6, 6.07) is 19.2. The Morgan fingerprint density at radius 3 is 2.47 bits per heavy atom. The van der Waals surface area contributed by atoms with Crippen molar-refractivity contribution in [1.29, 1.82) is 0 Å². The fourth-order valence-corrected chi connectivity index (χ4v) is 5.58. The fraction of sp³-hybridized carbons (Fsp3) is 0.345. The van der Waals surface area contributed by atoms with Crippen LogP contribution in [0, 0.1) is 6.92 Å². The normalized spacial score (nSPS) is 16.2. The molecule has 1 aliphatic rings. The standard InChI is InChI=1S/C29H33NO5S/c1-19-15-21(17-22(16-19)29(2,3)4)20-11-13-23(14-12-20)30(36(33)34)26-9-5-8-25-24(26)7-6-10-27(25)35-18-28(31)32/h6-7,10-17,26H,5,8-9,18H2,1-4H3,(H,31,32)(H,33,34)/p-1. The Balaban J connectivity index is 1.67. The van der Waals surface area contributed by atoms with Gasteiger partial charge in [0.15, 0.2) is 6.61 Å². The van der Waals surface area contributed by atoms with E-state index in [0.29, 0.717) is 24.3 Å². The Morgan fingerprint density at radius 1 is 1.11 bits per heavy atom. The summed E-state index contributed by atoms with van der Waals surface area (Å²) < 4.78 is 31.9. The summed E-state index contributed by atoms with van der Waals surface area (Å²) in [6.45, 7) is 8.22. The molecule has 190 valence electrons. The van der Waals surface area contributed by atoms with Gasteiger partial charge < -0.3 is 14.4 Å². The number of benzene rings is 3. The number of anilines is 1. The maximum atomic E-state index is 12.5. The smallest absolute Gasteiger partial charge is 0.341 e. The molecule has 36 heavy (non-hydrogen) atoms. The van der Waals surface area contributed by atoms with Crippen LogP contribution in [-0.4, -0.2) is 26.4 Å². The van der Waals surface area contributed by atoms with Gasteiger partial charge >= 0.3 is 5.97 Å². The van der Waals surface area contributed by atoms with Crippen LogP contribution in [0.25, 0.3) is 11.1 Å². The van der Waals surface area contributed by atoms with Gasteiger partial charge in [0.2, 0.25) is 0 Å². The van der Waals surface area contributed by atoms with Crippen molar-refractivity contribution in [3.05, 3.63) is 82.9 Å². The number of ether oxygens (including phenoxy) is 1. The maximum Gasteiger partial charge on any atom is 0.341 e. The van der Waals surface area contributed by atoms with Gasteiger partial charge in [0.05, 0.1) is 6.04 Å². The van der Waals surface area contributed by atoms with Crippen LogP contribution in [0.3, 0.4) is 0 Å². The molecule has 6 nitrogen and oxygen atoms in total. The minimum Gasteiger partial charge on any atom is -0.755 e. The van der Waals surface area contributed by atoms with E-state index in [1.807, 2.05) is 30.3 Å². The van der Waals surface area contributed by atoms with Crippen LogP contribution >= 0.6 is 0 Å². The topological polar surface area (TPSA) is 89.9 Å². The molecule has 0 fully saturated rings. The monoisotopic (exact) mass is 506 g/mol. The van der Waals surface area contributed by atoms with Gasteiger partial charge in [-0.25, -0.2) is 4.79 Å². The molecule has 3 aromatic rings. The zero-order valence-electron chi connectivity index (χ0n) is 21.1. The molecule has 2 unspecified atom stereocenters. The molecule has 1 aliphatic carbocycles. The lowest BCUT2D eigenvalue weighted by molar-refractivity contribution is -0.139. The first-order valence-corrected chi connectivity index (χ1v) is 13.2. The molecule has 3 aromatic carbocycles. The van der Waals surface area contributed by atoms with Crippen LogP contribution in [0.15, 0.2) is 60.7 Å². The van der Waals surface area contributed by atoms with Crippen molar-refractivity contribution < 1.29 is 23.4 Å². The Bertz CT molecular complexity index is 1280. The first-order valence-electron chi connectivity index (χ1n) is 12.1. The lowest BCUT2D eigenvalue weighted by atomic mass is 9.84. The minimum atomic E-state index is -2.50. The number of hydrogen-bond acceptors (Lipinski definition) is 4. The molecular weight excluding hydrogens is 474 g/mol. The number of carboxylic acids is 1. The first kappa shape index (κ1) is 25.9. The molecule has 0 amide bonds. The number of aliphatic carboxylic acids is 1. The summed E-state index contributed by atoms with van der Waals surface area (Å²) in [5.74, 6) is -0.550. The number of aryl methyl sites for hydroxylation is 1. The molecule has 0 bridgehead atoms. The highest BCUT2D eigenvalue weighted by Gasteiger charge is 2.29. The highest BCUT2D eigenvalue weighted by Crippen LogP contribution is 2.41. The van der Waals surface area contributed by atoms with E-state index in [0.717, 1.165) is 28.7 Å². The van der Waals surface area contributed by atoms with Gasteiger partial charge in [-0.1, -0.05) is 68.8 Å². The number of rotatable bonds is 7. The predicted molar refractivity (Wildman–Crippen MR) is 142 cm³/mol. The first-order chi connectivity index (χ1) is 17.0. The van der Waals surface area contributed by atoms with Gasteiger partial charge in [0.25, 0.3) is 0 Å². The van der Waals surface area contributed by atoms with Gasteiger partial charge in [-0.15, -0.1) is 0 Å². The quantitative estimate of drug-likeness (QED) is 0.391. The van der Waals surface area contributed by atoms with E-state index in [-0.39, 0.29) is 5.41 Å². The van der Waals surface area contributed by atoms with Crippen molar-refractivity contribution in [2.45, 2.75) is 58.4 Å². The SMILES string of the molecule is Cc1cc(-c2ccc(N(C3CCCc4c(OCC(=O)O)cccc43)S(=O)[O-])cc2)cc(C(C)(C)C)c1. The van der Waals surface area contributed by atoms with E-state index in [4.69, 9.17) is 9.84 Å². The molecular formula is C29H32NO5S-. The van der Waals surface area contributed by atoms with Crippen molar-refractivity contribution in [3.8, 4) is 16.9 Å². The summed E-state index contributed by atoms with van der Waals surface area (Å²) >= 11 is -2.50. The van der Waals surface area contributed by atoms with E-state index in [1.54, 1.807) is 12.1 Å². The van der Waals surface area contributed by atoms with Crippen molar-refractivity contribution in [2.75, 3.05) is 10.9 Å². The Hall–Kier alpha value is -3.16. The van der Waals surface area contributed by atoms with Crippen LogP contribution < -0.4 is 9.04 Å². The van der Waals surface area contributed by atoms with Gasteiger partial charge in [0, 0.05) is 17.0 Å². The molecule has 4 rings (SSSR count). The zero-order valence-corrected chi connectivity index (χ0v) is 21.9. The second-order valence-electron chi connectivity index (χ2n) is 10.3. The predicted octanol–water partition coefficient (Wildman–Crippen LogP) is 6.10. The minimum absolute atomic E-state index is 0.0262. The van der Waals surface area contributed by atoms with Crippen molar-refractivity contribution >= 4 is 22.9 Å². The molecule has 0 saturated heterocycles. The molecule has 0 radical (unpaired) electrons. The van der Waals surface area contributed by atoms with Crippen molar-refractivity contribution in [3.63, 3.8) is 0 Å². The van der Waals surface area contributed by atoms with Crippen molar-refractivity contribution in [1.82, 2.24) is 0 Å². The third-order valence-electron chi connectivity index (χ3n) is 6.63. The Labute approximate surface area is 215 Å². The van der Waals surface area contributed by atoms with E-state index in [9.17, 15) is 13.6 Å². The summed E-state index contributed by atoms with van der Waals surface area (Å²) in [7, 11) is 0. The summed E-state index contributed by atoms with van der Waals surface area (Å²) in [6.07, 6.45) is 2.15. The Morgan fingerprint density at radius 2 is 1.83 bits per heavy atom. The molecule has 0 aliphatic heterocycles.